The van der Waals surface area contributed by atoms with Crippen LogP contribution in [-0.4, -0.2) is 85.5 Å². The van der Waals surface area contributed by atoms with Gasteiger partial charge in [0.25, 0.3) is 11.8 Å². The van der Waals surface area contributed by atoms with E-state index in [1.165, 1.54) is 43.0 Å². The van der Waals surface area contributed by atoms with Crippen LogP contribution in [0.3, 0.4) is 0 Å². The molecular weight excluding hydrogens is 548 g/mol. The zero-order chi connectivity index (χ0) is 29.7. The highest BCUT2D eigenvalue weighted by Gasteiger charge is 2.36. The van der Waals surface area contributed by atoms with Crippen molar-refractivity contribution in [1.29, 1.82) is 0 Å². The van der Waals surface area contributed by atoms with Gasteiger partial charge in [-0.1, -0.05) is 13.0 Å². The van der Waals surface area contributed by atoms with Crippen LogP contribution in [0, 0.1) is 5.92 Å². The second-order valence-corrected chi connectivity index (χ2v) is 12.0. The van der Waals surface area contributed by atoms with Gasteiger partial charge in [-0.25, -0.2) is 8.42 Å². The summed E-state index contributed by atoms with van der Waals surface area (Å²) in [7, 11) is -0.930. The molecule has 12 heteroatoms. The monoisotopic (exact) mass is 582 g/mol. The fourth-order valence-corrected chi connectivity index (χ4v) is 5.72. The lowest BCUT2D eigenvalue weighted by Gasteiger charge is -2.38. The molecule has 0 fully saturated rings. The number of benzene rings is 2. The van der Waals surface area contributed by atoms with Crippen molar-refractivity contribution in [3.8, 4) is 11.5 Å². The van der Waals surface area contributed by atoms with Crippen LogP contribution in [0.2, 0.25) is 0 Å². The number of methoxy groups -OCH3 is 1. The fraction of sp³-hybridized carbons (Fsp3) is 0.345. The van der Waals surface area contributed by atoms with Crippen LogP contribution < -0.4 is 14.8 Å². The molecule has 0 aliphatic carbocycles. The first-order chi connectivity index (χ1) is 19.6. The third-order valence-electron chi connectivity index (χ3n) is 7.09. The Labute approximate surface area is 239 Å². The molecule has 2 amide bonds. The highest BCUT2D eigenvalue weighted by atomic mass is 32.2. The Hall–Kier alpha value is -4.00. The molecule has 1 aliphatic rings. The van der Waals surface area contributed by atoms with Gasteiger partial charge < -0.3 is 24.8 Å². The summed E-state index contributed by atoms with van der Waals surface area (Å²) < 4.78 is 39.6. The lowest BCUT2D eigenvalue weighted by molar-refractivity contribution is 0.0388. The number of likely N-dealkylation sites (N-methyl/N-ethyl adjacent to an activating group) is 1. The highest BCUT2D eigenvalue weighted by molar-refractivity contribution is 7.89. The van der Waals surface area contributed by atoms with Crippen LogP contribution in [-0.2, 0) is 10.0 Å². The van der Waals surface area contributed by atoms with E-state index in [2.05, 4.69) is 10.3 Å². The molecule has 2 heterocycles. The number of carbonyl (C=O) groups excluding carboxylic acids is 2. The number of aliphatic hydroxyl groups excluding tert-OH is 1. The molecule has 2 N–H and O–H groups in total. The van der Waals surface area contributed by atoms with Crippen molar-refractivity contribution in [3.05, 3.63) is 78.1 Å². The van der Waals surface area contributed by atoms with Crippen molar-refractivity contribution < 1.29 is 32.6 Å². The average molecular weight is 583 g/mol. The first-order valence-electron chi connectivity index (χ1n) is 13.1. The van der Waals surface area contributed by atoms with Gasteiger partial charge in [0.05, 0.1) is 42.4 Å². The van der Waals surface area contributed by atoms with Crippen molar-refractivity contribution in [2.24, 2.45) is 5.92 Å². The Kier molecular flexibility index (Phi) is 9.26. The van der Waals surface area contributed by atoms with Crippen LogP contribution in [0.25, 0.3) is 0 Å². The number of anilines is 1. The van der Waals surface area contributed by atoms with E-state index in [9.17, 15) is 23.1 Å². The van der Waals surface area contributed by atoms with Crippen LogP contribution in [0.15, 0.2) is 71.9 Å². The number of nitrogens with one attached hydrogen (secondary N) is 1. The molecule has 3 aromatic rings. The number of sulfonamides is 1. The van der Waals surface area contributed by atoms with Gasteiger partial charge in [-0.2, -0.15) is 4.31 Å². The summed E-state index contributed by atoms with van der Waals surface area (Å²) in [6, 6.07) is 13.5. The molecule has 1 aromatic heterocycles. The Bertz CT molecular complexity index is 1480. The molecule has 11 nitrogen and oxygen atoms in total. The van der Waals surface area contributed by atoms with Gasteiger partial charge in [0.1, 0.15) is 11.9 Å². The van der Waals surface area contributed by atoms with Crippen molar-refractivity contribution in [3.63, 3.8) is 0 Å². The number of pyridine rings is 1. The van der Waals surface area contributed by atoms with Crippen LogP contribution in [0.1, 0.15) is 34.6 Å². The predicted octanol–water partition coefficient (Wildman–Crippen LogP) is 2.88. The van der Waals surface area contributed by atoms with Gasteiger partial charge in [0.2, 0.25) is 10.0 Å². The zero-order valence-electron chi connectivity index (χ0n) is 23.4. The third kappa shape index (κ3) is 6.50. The smallest absolute Gasteiger partial charge is 0.258 e. The molecule has 0 saturated heterocycles. The van der Waals surface area contributed by atoms with Gasteiger partial charge in [-0.3, -0.25) is 14.6 Å². The van der Waals surface area contributed by atoms with Crippen LogP contribution >= 0.6 is 0 Å². The Morgan fingerprint density at radius 2 is 1.88 bits per heavy atom. The summed E-state index contributed by atoms with van der Waals surface area (Å²) >= 11 is 0. The number of nitrogens with zero attached hydrogens (tertiary/aromatic N) is 3. The minimum atomic E-state index is -3.89. The average Bonchev–Trinajstić information content (AvgIpc) is 2.99. The van der Waals surface area contributed by atoms with Gasteiger partial charge in [0, 0.05) is 37.5 Å². The lowest BCUT2D eigenvalue weighted by atomic mass is 9.99. The van der Waals surface area contributed by atoms with E-state index < -0.39 is 28.1 Å². The summed E-state index contributed by atoms with van der Waals surface area (Å²) in [6.45, 7) is 3.50. The Balaban J connectivity index is 1.71. The van der Waals surface area contributed by atoms with E-state index >= 15 is 0 Å². The number of ether oxygens (including phenoxy) is 2. The summed E-state index contributed by atoms with van der Waals surface area (Å²) in [5.41, 5.74) is 0.810. The molecule has 41 heavy (non-hydrogen) atoms. The molecule has 2 aromatic carbocycles. The fourth-order valence-electron chi connectivity index (χ4n) is 4.54. The van der Waals surface area contributed by atoms with E-state index in [0.717, 1.165) is 0 Å². The minimum Gasteiger partial charge on any atom is -0.497 e. The summed E-state index contributed by atoms with van der Waals surface area (Å²) in [6.07, 6.45) is 2.28. The van der Waals surface area contributed by atoms with Crippen molar-refractivity contribution in [1.82, 2.24) is 14.2 Å². The molecule has 1 aliphatic heterocycles. The molecule has 0 spiro atoms. The van der Waals surface area contributed by atoms with Crippen molar-refractivity contribution in [2.45, 2.75) is 30.9 Å². The van der Waals surface area contributed by atoms with Gasteiger partial charge in [-0.15, -0.1) is 0 Å². The number of aromatic nitrogens is 1. The van der Waals surface area contributed by atoms with E-state index in [4.69, 9.17) is 9.47 Å². The van der Waals surface area contributed by atoms with E-state index in [-0.39, 0.29) is 53.4 Å². The molecule has 0 unspecified atom stereocenters. The minimum absolute atomic E-state index is 0.0445. The molecule has 0 saturated carbocycles. The Morgan fingerprint density at radius 3 is 2.51 bits per heavy atom. The van der Waals surface area contributed by atoms with Crippen molar-refractivity contribution >= 4 is 27.5 Å². The lowest BCUT2D eigenvalue weighted by Crippen LogP contribution is -2.50. The quantitative estimate of drug-likeness (QED) is 0.393. The van der Waals surface area contributed by atoms with Crippen molar-refractivity contribution in [2.75, 3.05) is 39.2 Å². The SMILES string of the molecule is COc1ccc(S(=O)(=O)N(C)C[C@@H]2Oc3c(NC(=O)c4ccncc4)cccc3C(=O)N([C@H](C)CO)C[C@H]2C)cc1. The number of fused-ring (bicyclic) bond motifs is 1. The van der Waals surface area contributed by atoms with Crippen LogP contribution in [0.4, 0.5) is 5.69 Å². The highest BCUT2D eigenvalue weighted by Crippen LogP contribution is 2.35. The van der Waals surface area contributed by atoms with E-state index in [1.54, 1.807) is 54.3 Å². The summed E-state index contributed by atoms with van der Waals surface area (Å²) in [4.78, 5) is 32.2. The van der Waals surface area contributed by atoms with E-state index in [1.807, 2.05) is 6.92 Å². The third-order valence-corrected chi connectivity index (χ3v) is 8.92. The second-order valence-electron chi connectivity index (χ2n) is 9.96. The molecular formula is C29H34N4O7S. The maximum atomic E-state index is 13.7. The van der Waals surface area contributed by atoms with Gasteiger partial charge in [-0.05, 0) is 55.5 Å². The number of hydrogen-bond acceptors (Lipinski definition) is 8. The molecule has 4 rings (SSSR count). The molecule has 0 radical (unpaired) electrons. The maximum absolute atomic E-state index is 13.7. The molecule has 0 bridgehead atoms. The first-order valence-corrected chi connectivity index (χ1v) is 14.5. The second kappa shape index (κ2) is 12.7. The van der Waals surface area contributed by atoms with Gasteiger partial charge >= 0.3 is 0 Å². The topological polar surface area (TPSA) is 138 Å². The molecule has 218 valence electrons. The largest absolute Gasteiger partial charge is 0.497 e. The van der Waals surface area contributed by atoms with Crippen LogP contribution in [0.5, 0.6) is 11.5 Å². The summed E-state index contributed by atoms with van der Waals surface area (Å²) in [5.74, 6) is -0.487. The number of hydrogen-bond donors (Lipinski definition) is 2. The predicted molar refractivity (Wildman–Crippen MR) is 153 cm³/mol. The molecule has 3 atom stereocenters. The number of rotatable bonds is 9. The normalized spacial score (nSPS) is 18.1. The Morgan fingerprint density at radius 1 is 1.20 bits per heavy atom. The van der Waals surface area contributed by atoms with Gasteiger partial charge in [0.15, 0.2) is 5.75 Å². The maximum Gasteiger partial charge on any atom is 0.258 e. The number of para-hydroxylation sites is 1. The number of carbonyl (C=O) groups is 2. The standard InChI is InChI=1S/C29H34N4O7S/c1-19-16-33(20(2)18-34)29(36)24-6-5-7-25(31-28(35)21-12-14-30-15-13-21)27(24)40-26(19)17-32(3)41(37,38)23-10-8-22(39-4)9-11-23/h5-15,19-20,26,34H,16-18H2,1-4H3,(H,31,35)/t19-,20-,26+/m1/s1. The van der Waals surface area contributed by atoms with E-state index in [0.29, 0.717) is 11.3 Å². The first kappa shape index (κ1) is 30.0. The summed E-state index contributed by atoms with van der Waals surface area (Å²) in [5, 5.41) is 12.7. The number of amides is 2. The zero-order valence-corrected chi connectivity index (χ0v) is 24.2. The number of aliphatic hydroxyl groups is 1.